The number of halogens is 1. The molecule has 2 rings (SSSR count). The summed E-state index contributed by atoms with van der Waals surface area (Å²) in [6.07, 6.45) is 0. The van der Waals surface area contributed by atoms with Gasteiger partial charge in [0.05, 0.1) is 23.4 Å². The van der Waals surface area contributed by atoms with Crippen LogP contribution in [0, 0.1) is 6.92 Å². The molecule has 0 bridgehead atoms. The van der Waals surface area contributed by atoms with E-state index in [1.165, 1.54) is 4.88 Å². The van der Waals surface area contributed by atoms with Gasteiger partial charge >= 0.3 is 0 Å². The summed E-state index contributed by atoms with van der Waals surface area (Å²) in [5.41, 5.74) is 2.10. The van der Waals surface area contributed by atoms with E-state index in [4.69, 9.17) is 11.6 Å². The van der Waals surface area contributed by atoms with Crippen LogP contribution in [0.5, 0.6) is 0 Å². The number of benzene rings is 1. The first kappa shape index (κ1) is 17.4. The van der Waals surface area contributed by atoms with Crippen LogP contribution < -0.4 is 5.32 Å². The summed E-state index contributed by atoms with van der Waals surface area (Å²) in [6, 6.07) is 7.61. The van der Waals surface area contributed by atoms with E-state index in [-0.39, 0.29) is 18.7 Å². The number of rotatable bonds is 6. The standard InChI is InChI=1S/C17H23ClN2OS/c1-10(2)17-20-12(4)16(22-17)11(3)19-15(9-21)13-5-7-14(18)8-6-13/h5-8,10-11,15,19,21H,9H2,1-4H3. The largest absolute Gasteiger partial charge is 0.394 e. The normalized spacial score (nSPS) is 14.3. The van der Waals surface area contributed by atoms with E-state index in [2.05, 4.69) is 31.1 Å². The van der Waals surface area contributed by atoms with E-state index in [0.29, 0.717) is 10.9 Å². The molecule has 0 fully saturated rings. The smallest absolute Gasteiger partial charge is 0.0956 e. The van der Waals surface area contributed by atoms with Gasteiger partial charge in [-0.2, -0.15) is 0 Å². The minimum Gasteiger partial charge on any atom is -0.394 e. The molecule has 2 aromatic rings. The summed E-state index contributed by atoms with van der Waals surface area (Å²) in [5.74, 6) is 0.439. The van der Waals surface area contributed by atoms with Gasteiger partial charge in [0, 0.05) is 21.9 Å². The van der Waals surface area contributed by atoms with Crippen LogP contribution in [0.15, 0.2) is 24.3 Å². The molecule has 1 aromatic carbocycles. The number of hydrogen-bond acceptors (Lipinski definition) is 4. The highest BCUT2D eigenvalue weighted by Crippen LogP contribution is 2.30. The van der Waals surface area contributed by atoms with Crippen LogP contribution in [0.3, 0.4) is 0 Å². The number of nitrogens with zero attached hydrogens (tertiary/aromatic N) is 1. The monoisotopic (exact) mass is 338 g/mol. The lowest BCUT2D eigenvalue weighted by molar-refractivity contribution is 0.236. The van der Waals surface area contributed by atoms with E-state index in [0.717, 1.165) is 16.3 Å². The van der Waals surface area contributed by atoms with Crippen LogP contribution in [-0.2, 0) is 0 Å². The zero-order valence-corrected chi connectivity index (χ0v) is 15.0. The summed E-state index contributed by atoms with van der Waals surface area (Å²) >= 11 is 7.67. The molecule has 5 heteroatoms. The Morgan fingerprint density at radius 1 is 1.23 bits per heavy atom. The summed E-state index contributed by atoms with van der Waals surface area (Å²) in [5, 5.41) is 15.1. The third kappa shape index (κ3) is 4.07. The highest BCUT2D eigenvalue weighted by Gasteiger charge is 2.19. The maximum Gasteiger partial charge on any atom is 0.0956 e. The highest BCUT2D eigenvalue weighted by atomic mass is 35.5. The van der Waals surface area contributed by atoms with Gasteiger partial charge in [0.1, 0.15) is 0 Å². The van der Waals surface area contributed by atoms with E-state index < -0.39 is 0 Å². The lowest BCUT2D eigenvalue weighted by Crippen LogP contribution is -2.27. The minimum atomic E-state index is -0.115. The van der Waals surface area contributed by atoms with Crippen LogP contribution in [0.4, 0.5) is 0 Å². The average Bonchev–Trinajstić information content (AvgIpc) is 2.88. The molecular weight excluding hydrogens is 316 g/mol. The summed E-state index contributed by atoms with van der Waals surface area (Å²) in [6.45, 7) is 8.52. The van der Waals surface area contributed by atoms with Gasteiger partial charge in [0.15, 0.2) is 0 Å². The van der Waals surface area contributed by atoms with E-state index in [9.17, 15) is 5.11 Å². The predicted molar refractivity (Wildman–Crippen MR) is 93.8 cm³/mol. The molecule has 0 saturated carbocycles. The third-order valence-corrected chi connectivity index (χ3v) is 5.54. The fourth-order valence-corrected chi connectivity index (χ4v) is 3.61. The molecule has 1 heterocycles. The van der Waals surface area contributed by atoms with Crippen molar-refractivity contribution in [2.75, 3.05) is 6.61 Å². The van der Waals surface area contributed by atoms with E-state index in [1.54, 1.807) is 11.3 Å². The molecule has 2 unspecified atom stereocenters. The van der Waals surface area contributed by atoms with Gasteiger partial charge < -0.3 is 10.4 Å². The Hall–Kier alpha value is -0.940. The third-order valence-electron chi connectivity index (χ3n) is 3.64. The number of nitrogens with one attached hydrogen (secondary N) is 1. The predicted octanol–water partition coefficient (Wildman–Crippen LogP) is 4.61. The Labute approximate surface area is 141 Å². The van der Waals surface area contributed by atoms with Gasteiger partial charge in [-0.25, -0.2) is 4.98 Å². The molecule has 22 heavy (non-hydrogen) atoms. The molecule has 120 valence electrons. The first-order valence-corrected chi connectivity index (χ1v) is 8.71. The van der Waals surface area contributed by atoms with Crippen molar-refractivity contribution < 1.29 is 5.11 Å². The van der Waals surface area contributed by atoms with Crippen LogP contribution >= 0.6 is 22.9 Å². The van der Waals surface area contributed by atoms with Gasteiger partial charge in [-0.3, -0.25) is 0 Å². The molecule has 2 N–H and O–H groups in total. The Morgan fingerprint density at radius 3 is 2.36 bits per heavy atom. The van der Waals surface area contributed by atoms with Gasteiger partial charge in [0.2, 0.25) is 0 Å². The quantitative estimate of drug-likeness (QED) is 0.808. The van der Waals surface area contributed by atoms with Gasteiger partial charge in [-0.1, -0.05) is 37.6 Å². The van der Waals surface area contributed by atoms with Crippen LogP contribution in [0.1, 0.15) is 59.9 Å². The lowest BCUT2D eigenvalue weighted by Gasteiger charge is -2.22. The van der Waals surface area contributed by atoms with Crippen molar-refractivity contribution in [1.29, 1.82) is 0 Å². The number of aliphatic hydroxyl groups is 1. The first-order chi connectivity index (χ1) is 10.4. The molecule has 0 aliphatic heterocycles. The maximum absolute atomic E-state index is 9.70. The van der Waals surface area contributed by atoms with Gasteiger partial charge in [-0.15, -0.1) is 11.3 Å². The van der Waals surface area contributed by atoms with Crippen LogP contribution in [0.25, 0.3) is 0 Å². The van der Waals surface area contributed by atoms with Crippen molar-refractivity contribution in [2.45, 2.75) is 45.7 Å². The molecule has 2 atom stereocenters. The molecular formula is C17H23ClN2OS. The van der Waals surface area contributed by atoms with Crippen LogP contribution in [0.2, 0.25) is 5.02 Å². The number of aliphatic hydroxyl groups excluding tert-OH is 1. The maximum atomic E-state index is 9.70. The number of aryl methyl sites for hydroxylation is 1. The molecule has 0 spiro atoms. The number of hydrogen-bond donors (Lipinski definition) is 2. The summed E-state index contributed by atoms with van der Waals surface area (Å²) in [7, 11) is 0. The zero-order valence-electron chi connectivity index (χ0n) is 13.4. The second-order valence-corrected chi connectivity index (χ2v) is 7.33. The first-order valence-electron chi connectivity index (χ1n) is 7.52. The Kier molecular flexibility index (Phi) is 5.98. The lowest BCUT2D eigenvalue weighted by atomic mass is 10.1. The number of thiazole rings is 1. The highest BCUT2D eigenvalue weighted by molar-refractivity contribution is 7.11. The van der Waals surface area contributed by atoms with Crippen molar-refractivity contribution >= 4 is 22.9 Å². The fourth-order valence-electron chi connectivity index (χ4n) is 2.41. The van der Waals surface area contributed by atoms with Crippen molar-refractivity contribution in [3.05, 3.63) is 50.4 Å². The molecule has 0 saturated heterocycles. The van der Waals surface area contributed by atoms with Gasteiger partial charge in [-0.05, 0) is 31.5 Å². The second kappa shape index (κ2) is 7.55. The SMILES string of the molecule is Cc1nc(C(C)C)sc1C(C)NC(CO)c1ccc(Cl)cc1. The molecule has 0 aliphatic rings. The van der Waals surface area contributed by atoms with Crippen molar-refractivity contribution in [2.24, 2.45) is 0 Å². The minimum absolute atomic E-state index is 0.0425. The summed E-state index contributed by atoms with van der Waals surface area (Å²) in [4.78, 5) is 5.88. The molecule has 0 aliphatic carbocycles. The molecule has 3 nitrogen and oxygen atoms in total. The van der Waals surface area contributed by atoms with Crippen molar-refractivity contribution in [3.63, 3.8) is 0 Å². The average molecular weight is 339 g/mol. The fraction of sp³-hybridized carbons (Fsp3) is 0.471. The number of aromatic nitrogens is 1. The molecule has 0 radical (unpaired) electrons. The van der Waals surface area contributed by atoms with E-state index >= 15 is 0 Å². The Morgan fingerprint density at radius 2 is 1.86 bits per heavy atom. The molecule has 1 aromatic heterocycles. The second-order valence-electron chi connectivity index (χ2n) is 5.83. The van der Waals surface area contributed by atoms with Crippen molar-refractivity contribution in [1.82, 2.24) is 10.3 Å². The van der Waals surface area contributed by atoms with Crippen LogP contribution in [-0.4, -0.2) is 16.7 Å². The molecule has 0 amide bonds. The zero-order chi connectivity index (χ0) is 16.3. The summed E-state index contributed by atoms with van der Waals surface area (Å²) < 4.78 is 0. The van der Waals surface area contributed by atoms with E-state index in [1.807, 2.05) is 31.2 Å². The van der Waals surface area contributed by atoms with Gasteiger partial charge in [0.25, 0.3) is 0 Å². The topological polar surface area (TPSA) is 45.2 Å². The Balaban J connectivity index is 2.15. The Bertz CT molecular complexity index is 610. The van der Waals surface area contributed by atoms with Crippen molar-refractivity contribution in [3.8, 4) is 0 Å².